The van der Waals surface area contributed by atoms with Gasteiger partial charge in [0.15, 0.2) is 0 Å². The first-order valence-electron chi connectivity index (χ1n) is 10.7. The SMILES string of the molecule is O=C1c2ccccc2N[C@H](c2cn(-c3ccccc3)nc2-c2ccccc2)N1C1CC1. The quantitative estimate of drug-likeness (QED) is 0.502. The molecule has 1 aliphatic heterocycles. The molecule has 1 saturated carbocycles. The van der Waals surface area contributed by atoms with Gasteiger partial charge in [-0.2, -0.15) is 5.10 Å². The third-order valence-electron chi connectivity index (χ3n) is 6.01. The molecule has 0 unspecified atom stereocenters. The Kier molecular flexibility index (Phi) is 4.13. The molecule has 0 saturated heterocycles. The number of hydrogen-bond donors (Lipinski definition) is 1. The minimum absolute atomic E-state index is 0.0910. The summed E-state index contributed by atoms with van der Waals surface area (Å²) in [5.41, 5.74) is 5.54. The lowest BCUT2D eigenvalue weighted by Crippen LogP contribution is -2.44. The van der Waals surface area contributed by atoms with Gasteiger partial charge in [-0.25, -0.2) is 4.68 Å². The van der Waals surface area contributed by atoms with Gasteiger partial charge in [0.25, 0.3) is 5.91 Å². The Morgan fingerprint density at radius 1 is 0.839 bits per heavy atom. The molecule has 0 radical (unpaired) electrons. The summed E-state index contributed by atoms with van der Waals surface area (Å²) in [7, 11) is 0. The zero-order valence-electron chi connectivity index (χ0n) is 17.0. The highest BCUT2D eigenvalue weighted by atomic mass is 16.2. The highest BCUT2D eigenvalue weighted by Gasteiger charge is 2.43. The number of amides is 1. The zero-order chi connectivity index (χ0) is 20.8. The molecule has 2 aliphatic rings. The number of nitrogens with zero attached hydrogens (tertiary/aromatic N) is 3. The van der Waals surface area contributed by atoms with Crippen molar-refractivity contribution in [3.63, 3.8) is 0 Å². The molecule has 1 aromatic heterocycles. The molecule has 0 spiro atoms. The van der Waals surface area contributed by atoms with Crippen LogP contribution in [0.15, 0.2) is 91.1 Å². The van der Waals surface area contributed by atoms with E-state index in [-0.39, 0.29) is 18.1 Å². The molecule has 5 nitrogen and oxygen atoms in total. The second-order valence-corrected chi connectivity index (χ2v) is 8.12. The maximum atomic E-state index is 13.5. The number of carbonyl (C=O) groups is 1. The standard InChI is InChI=1S/C26H22N4O/c31-26-21-13-7-8-14-23(21)27-25(30(26)20-15-16-20)22-17-29(19-11-5-2-6-12-19)28-24(22)18-9-3-1-4-10-18/h1-14,17,20,25,27H,15-16H2/t25-/m0/s1. The van der Waals surface area contributed by atoms with Crippen LogP contribution in [0.4, 0.5) is 5.69 Å². The van der Waals surface area contributed by atoms with E-state index in [2.05, 4.69) is 23.6 Å². The van der Waals surface area contributed by atoms with E-state index < -0.39 is 0 Å². The number of carbonyl (C=O) groups excluding carboxylic acids is 1. The Balaban J connectivity index is 1.53. The van der Waals surface area contributed by atoms with Crippen LogP contribution in [0.2, 0.25) is 0 Å². The largest absolute Gasteiger partial charge is 0.361 e. The van der Waals surface area contributed by atoms with Gasteiger partial charge >= 0.3 is 0 Å². The van der Waals surface area contributed by atoms with Crippen molar-refractivity contribution >= 4 is 11.6 Å². The van der Waals surface area contributed by atoms with E-state index in [1.807, 2.05) is 82.4 Å². The molecule has 1 fully saturated rings. The third kappa shape index (κ3) is 3.10. The molecule has 0 bridgehead atoms. The molecule has 1 aliphatic carbocycles. The fourth-order valence-electron chi connectivity index (χ4n) is 4.35. The van der Waals surface area contributed by atoms with Gasteiger partial charge in [0, 0.05) is 29.1 Å². The smallest absolute Gasteiger partial charge is 0.258 e. The second-order valence-electron chi connectivity index (χ2n) is 8.12. The number of rotatable bonds is 4. The minimum atomic E-state index is -0.262. The average Bonchev–Trinajstić information content (AvgIpc) is 3.57. The Hall–Kier alpha value is -3.86. The van der Waals surface area contributed by atoms with Crippen LogP contribution in [-0.4, -0.2) is 26.6 Å². The summed E-state index contributed by atoms with van der Waals surface area (Å²) in [6, 6.07) is 28.3. The topological polar surface area (TPSA) is 50.2 Å². The van der Waals surface area contributed by atoms with E-state index in [1.54, 1.807) is 0 Å². The van der Waals surface area contributed by atoms with Crippen LogP contribution < -0.4 is 5.32 Å². The lowest BCUT2D eigenvalue weighted by molar-refractivity contribution is 0.0667. The van der Waals surface area contributed by atoms with Crippen LogP contribution in [-0.2, 0) is 0 Å². The molecule has 31 heavy (non-hydrogen) atoms. The summed E-state index contributed by atoms with van der Waals surface area (Å²) < 4.78 is 1.91. The van der Waals surface area contributed by atoms with E-state index in [9.17, 15) is 4.79 Å². The fraction of sp³-hybridized carbons (Fsp3) is 0.154. The Bertz CT molecular complexity index is 1240. The highest BCUT2D eigenvalue weighted by molar-refractivity contribution is 6.02. The number of para-hydroxylation sites is 2. The summed E-state index contributed by atoms with van der Waals surface area (Å²) in [5, 5.41) is 8.60. The molecule has 152 valence electrons. The van der Waals surface area contributed by atoms with Gasteiger partial charge in [0.1, 0.15) is 6.17 Å². The van der Waals surface area contributed by atoms with Crippen molar-refractivity contribution < 1.29 is 4.79 Å². The summed E-state index contributed by atoms with van der Waals surface area (Å²) in [5.74, 6) is 0.0910. The molecule has 1 atom stereocenters. The predicted molar refractivity (Wildman–Crippen MR) is 121 cm³/mol. The van der Waals surface area contributed by atoms with Crippen LogP contribution >= 0.6 is 0 Å². The lowest BCUT2D eigenvalue weighted by Gasteiger charge is -2.38. The van der Waals surface area contributed by atoms with Crippen LogP contribution in [0.1, 0.15) is 34.9 Å². The fourth-order valence-corrected chi connectivity index (χ4v) is 4.35. The van der Waals surface area contributed by atoms with Crippen molar-refractivity contribution in [2.24, 2.45) is 0 Å². The van der Waals surface area contributed by atoms with Gasteiger partial charge in [-0.15, -0.1) is 0 Å². The molecule has 3 aromatic carbocycles. The summed E-state index contributed by atoms with van der Waals surface area (Å²) >= 11 is 0. The maximum Gasteiger partial charge on any atom is 0.258 e. The third-order valence-corrected chi connectivity index (χ3v) is 6.01. The van der Waals surface area contributed by atoms with Gasteiger partial charge in [0.05, 0.1) is 16.9 Å². The second kappa shape index (κ2) is 7.13. The van der Waals surface area contributed by atoms with Crippen molar-refractivity contribution in [3.8, 4) is 16.9 Å². The van der Waals surface area contributed by atoms with Gasteiger partial charge in [-0.05, 0) is 37.1 Å². The molecule has 6 rings (SSSR count). The summed E-state index contributed by atoms with van der Waals surface area (Å²) in [6.07, 6.45) is 3.88. The molecular formula is C26H22N4O. The molecule has 5 heteroatoms. The molecule has 4 aromatic rings. The number of hydrogen-bond acceptors (Lipinski definition) is 3. The van der Waals surface area contributed by atoms with Crippen LogP contribution in [0.3, 0.4) is 0 Å². The van der Waals surface area contributed by atoms with E-state index in [0.717, 1.165) is 46.6 Å². The number of aromatic nitrogens is 2. The Labute approximate surface area is 180 Å². The Morgan fingerprint density at radius 3 is 2.26 bits per heavy atom. The van der Waals surface area contributed by atoms with Gasteiger partial charge in [-0.3, -0.25) is 4.79 Å². The summed E-state index contributed by atoms with van der Waals surface area (Å²) in [4.78, 5) is 15.5. The number of benzene rings is 3. The first kappa shape index (κ1) is 18.0. The van der Waals surface area contributed by atoms with Crippen molar-refractivity contribution in [1.82, 2.24) is 14.7 Å². The number of nitrogens with one attached hydrogen (secondary N) is 1. The van der Waals surface area contributed by atoms with Gasteiger partial charge in [-0.1, -0.05) is 60.7 Å². The van der Waals surface area contributed by atoms with E-state index in [0.29, 0.717) is 0 Å². The van der Waals surface area contributed by atoms with Crippen LogP contribution in [0.5, 0.6) is 0 Å². The monoisotopic (exact) mass is 406 g/mol. The van der Waals surface area contributed by atoms with E-state index >= 15 is 0 Å². The minimum Gasteiger partial charge on any atom is -0.361 e. The van der Waals surface area contributed by atoms with Crippen molar-refractivity contribution in [3.05, 3.63) is 102 Å². The predicted octanol–water partition coefficient (Wildman–Crippen LogP) is 5.27. The Morgan fingerprint density at radius 2 is 1.52 bits per heavy atom. The summed E-state index contributed by atoms with van der Waals surface area (Å²) in [6.45, 7) is 0. The van der Waals surface area contributed by atoms with Crippen molar-refractivity contribution in [1.29, 1.82) is 0 Å². The van der Waals surface area contributed by atoms with Crippen LogP contribution in [0, 0.1) is 0 Å². The van der Waals surface area contributed by atoms with Gasteiger partial charge < -0.3 is 10.2 Å². The zero-order valence-corrected chi connectivity index (χ0v) is 17.0. The van der Waals surface area contributed by atoms with E-state index in [1.165, 1.54) is 0 Å². The first-order chi connectivity index (χ1) is 15.3. The molecular weight excluding hydrogens is 384 g/mol. The van der Waals surface area contributed by atoms with Crippen molar-refractivity contribution in [2.75, 3.05) is 5.32 Å². The average molecular weight is 406 g/mol. The first-order valence-corrected chi connectivity index (χ1v) is 10.7. The lowest BCUT2D eigenvalue weighted by atomic mass is 10.0. The van der Waals surface area contributed by atoms with Crippen LogP contribution in [0.25, 0.3) is 16.9 Å². The molecule has 1 N–H and O–H groups in total. The number of fused-ring (bicyclic) bond motifs is 1. The maximum absolute atomic E-state index is 13.5. The highest BCUT2D eigenvalue weighted by Crippen LogP contribution is 2.43. The van der Waals surface area contributed by atoms with E-state index in [4.69, 9.17) is 5.10 Å². The normalized spacial score (nSPS) is 17.9. The molecule has 2 heterocycles. The van der Waals surface area contributed by atoms with Crippen molar-refractivity contribution in [2.45, 2.75) is 25.0 Å². The van der Waals surface area contributed by atoms with Gasteiger partial charge in [0.2, 0.25) is 0 Å². The number of anilines is 1. The molecule has 1 amide bonds.